The Morgan fingerprint density at radius 3 is 2.59 bits per heavy atom. The number of nitrogens with two attached hydrogens (primary N) is 1. The summed E-state index contributed by atoms with van der Waals surface area (Å²) in [5.41, 5.74) is 5.52. The van der Waals surface area contributed by atoms with E-state index in [4.69, 9.17) is 5.73 Å². The third-order valence-corrected chi connectivity index (χ3v) is 4.29. The van der Waals surface area contributed by atoms with Crippen LogP contribution >= 0.6 is 11.3 Å². The molecule has 2 N–H and O–H groups in total. The number of hydrogen-bond acceptors (Lipinski definition) is 3. The predicted molar refractivity (Wildman–Crippen MR) is 71.4 cm³/mol. The average molecular weight is 252 g/mol. The van der Waals surface area contributed by atoms with Crippen LogP contribution in [0.1, 0.15) is 40.2 Å². The smallest absolute Gasteiger partial charge is 0.263 e. The van der Waals surface area contributed by atoms with E-state index in [0.29, 0.717) is 6.54 Å². The van der Waals surface area contributed by atoms with Gasteiger partial charge in [-0.2, -0.15) is 0 Å². The molecule has 0 saturated carbocycles. The van der Waals surface area contributed by atoms with Crippen LogP contribution in [-0.4, -0.2) is 30.4 Å². The minimum absolute atomic E-state index is 0.208. The van der Waals surface area contributed by atoms with Gasteiger partial charge in [-0.25, -0.2) is 0 Å². The second-order valence-corrected chi connectivity index (χ2v) is 5.68. The first-order valence-electron chi connectivity index (χ1n) is 6.39. The number of likely N-dealkylation sites (tertiary alicyclic amines) is 1. The van der Waals surface area contributed by atoms with Crippen molar-refractivity contribution in [2.24, 2.45) is 5.73 Å². The van der Waals surface area contributed by atoms with E-state index in [1.165, 1.54) is 17.7 Å². The van der Waals surface area contributed by atoms with Crippen molar-refractivity contribution in [3.8, 4) is 0 Å². The predicted octanol–water partition coefficient (Wildman–Crippen LogP) is 2.27. The summed E-state index contributed by atoms with van der Waals surface area (Å²) in [7, 11) is 0. The van der Waals surface area contributed by atoms with Crippen LogP contribution in [0.2, 0.25) is 0 Å². The molecule has 94 valence electrons. The van der Waals surface area contributed by atoms with Gasteiger partial charge in [-0.15, -0.1) is 11.3 Å². The molecule has 1 fully saturated rings. The lowest BCUT2D eigenvalue weighted by molar-refractivity contribution is 0.0766. The lowest BCUT2D eigenvalue weighted by Crippen LogP contribution is -2.31. The Labute approximate surface area is 107 Å². The highest BCUT2D eigenvalue weighted by atomic mass is 32.1. The first kappa shape index (κ1) is 12.6. The first-order valence-corrected chi connectivity index (χ1v) is 7.21. The van der Waals surface area contributed by atoms with E-state index >= 15 is 0 Å². The van der Waals surface area contributed by atoms with Crippen molar-refractivity contribution in [2.75, 3.05) is 19.6 Å². The van der Waals surface area contributed by atoms with Crippen LogP contribution in [-0.2, 0) is 6.42 Å². The molecule has 4 heteroatoms. The lowest BCUT2D eigenvalue weighted by Gasteiger charge is -2.19. The second kappa shape index (κ2) is 6.17. The van der Waals surface area contributed by atoms with Crippen molar-refractivity contribution >= 4 is 17.2 Å². The molecule has 1 aromatic heterocycles. The first-order chi connectivity index (χ1) is 8.31. The number of nitrogens with zero attached hydrogens (tertiary/aromatic N) is 1. The van der Waals surface area contributed by atoms with E-state index < -0.39 is 0 Å². The average Bonchev–Trinajstić information content (AvgIpc) is 2.64. The summed E-state index contributed by atoms with van der Waals surface area (Å²) >= 11 is 1.59. The molecular formula is C13H20N2OS. The van der Waals surface area contributed by atoms with Crippen LogP contribution in [0, 0.1) is 0 Å². The molecule has 0 aliphatic carbocycles. The Balaban J connectivity index is 2.01. The maximum atomic E-state index is 12.3. The van der Waals surface area contributed by atoms with Gasteiger partial charge < -0.3 is 10.6 Å². The molecule has 0 bridgehead atoms. The number of hydrogen-bond donors (Lipinski definition) is 1. The Kier molecular flexibility index (Phi) is 4.57. The molecule has 2 heterocycles. The SMILES string of the molecule is NCCc1ccc(C(=O)N2CCCCCC2)s1. The second-order valence-electron chi connectivity index (χ2n) is 4.51. The summed E-state index contributed by atoms with van der Waals surface area (Å²) in [6.45, 7) is 2.49. The molecule has 0 unspecified atom stereocenters. The summed E-state index contributed by atoms with van der Waals surface area (Å²) in [6, 6.07) is 3.98. The van der Waals surface area contributed by atoms with E-state index in [2.05, 4.69) is 0 Å². The monoisotopic (exact) mass is 252 g/mol. The fraction of sp³-hybridized carbons (Fsp3) is 0.615. The van der Waals surface area contributed by atoms with Crippen molar-refractivity contribution in [1.29, 1.82) is 0 Å². The quantitative estimate of drug-likeness (QED) is 0.897. The molecule has 3 nitrogen and oxygen atoms in total. The zero-order valence-electron chi connectivity index (χ0n) is 10.2. The van der Waals surface area contributed by atoms with Gasteiger partial charge in [-0.05, 0) is 37.9 Å². The Morgan fingerprint density at radius 2 is 1.94 bits per heavy atom. The van der Waals surface area contributed by atoms with Crippen molar-refractivity contribution in [3.63, 3.8) is 0 Å². The maximum absolute atomic E-state index is 12.3. The van der Waals surface area contributed by atoms with Crippen molar-refractivity contribution in [3.05, 3.63) is 21.9 Å². The molecule has 1 aliphatic heterocycles. The van der Waals surface area contributed by atoms with Gasteiger partial charge in [0.15, 0.2) is 0 Å². The molecule has 1 aromatic rings. The van der Waals surface area contributed by atoms with E-state index in [1.54, 1.807) is 11.3 Å². The van der Waals surface area contributed by atoms with E-state index in [1.807, 2.05) is 17.0 Å². The molecular weight excluding hydrogens is 232 g/mol. The zero-order chi connectivity index (χ0) is 12.1. The van der Waals surface area contributed by atoms with Crippen molar-refractivity contribution in [1.82, 2.24) is 4.90 Å². The number of rotatable bonds is 3. The van der Waals surface area contributed by atoms with Gasteiger partial charge in [-0.1, -0.05) is 12.8 Å². The summed E-state index contributed by atoms with van der Waals surface area (Å²) in [4.78, 5) is 16.4. The highest BCUT2D eigenvalue weighted by Gasteiger charge is 2.18. The minimum atomic E-state index is 0.208. The van der Waals surface area contributed by atoms with Crippen LogP contribution in [0.5, 0.6) is 0 Å². The van der Waals surface area contributed by atoms with Gasteiger partial charge in [0.25, 0.3) is 5.91 Å². The van der Waals surface area contributed by atoms with Gasteiger partial charge in [0.2, 0.25) is 0 Å². The van der Waals surface area contributed by atoms with Gasteiger partial charge in [0.1, 0.15) is 0 Å². The standard InChI is InChI=1S/C13H20N2OS/c14-8-7-11-5-6-12(17-11)13(16)15-9-3-1-2-4-10-15/h5-6H,1-4,7-10,14H2. The van der Waals surface area contributed by atoms with Crippen LogP contribution in [0.25, 0.3) is 0 Å². The highest BCUT2D eigenvalue weighted by Crippen LogP contribution is 2.20. The maximum Gasteiger partial charge on any atom is 0.263 e. The fourth-order valence-corrected chi connectivity index (χ4v) is 3.19. The molecule has 1 amide bonds. The molecule has 1 aliphatic rings. The molecule has 0 radical (unpaired) electrons. The third kappa shape index (κ3) is 3.30. The topological polar surface area (TPSA) is 46.3 Å². The van der Waals surface area contributed by atoms with Gasteiger partial charge in [-0.3, -0.25) is 4.79 Å². The number of carbonyl (C=O) groups is 1. The lowest BCUT2D eigenvalue weighted by atomic mass is 10.2. The van der Waals surface area contributed by atoms with E-state index in [9.17, 15) is 4.79 Å². The molecule has 17 heavy (non-hydrogen) atoms. The van der Waals surface area contributed by atoms with Crippen molar-refractivity contribution in [2.45, 2.75) is 32.1 Å². The third-order valence-electron chi connectivity index (χ3n) is 3.16. The molecule has 0 spiro atoms. The highest BCUT2D eigenvalue weighted by molar-refractivity contribution is 7.14. The molecule has 0 aromatic carbocycles. The largest absolute Gasteiger partial charge is 0.338 e. The zero-order valence-corrected chi connectivity index (χ0v) is 11.0. The number of amides is 1. The Bertz CT molecular complexity index is 367. The molecule has 2 rings (SSSR count). The number of carbonyl (C=O) groups excluding carboxylic acids is 1. The van der Waals surface area contributed by atoms with E-state index in [0.717, 1.165) is 37.2 Å². The summed E-state index contributed by atoms with van der Waals surface area (Å²) in [6.07, 6.45) is 5.68. The summed E-state index contributed by atoms with van der Waals surface area (Å²) in [5, 5.41) is 0. The molecule has 0 atom stereocenters. The van der Waals surface area contributed by atoms with Crippen LogP contribution in [0.4, 0.5) is 0 Å². The van der Waals surface area contributed by atoms with Gasteiger partial charge >= 0.3 is 0 Å². The normalized spacial score (nSPS) is 16.9. The Hall–Kier alpha value is -0.870. The van der Waals surface area contributed by atoms with Gasteiger partial charge in [0.05, 0.1) is 4.88 Å². The van der Waals surface area contributed by atoms with Crippen molar-refractivity contribution < 1.29 is 4.79 Å². The van der Waals surface area contributed by atoms with E-state index in [-0.39, 0.29) is 5.91 Å². The number of thiophene rings is 1. The molecule has 1 saturated heterocycles. The minimum Gasteiger partial charge on any atom is -0.338 e. The van der Waals surface area contributed by atoms with Crippen LogP contribution < -0.4 is 5.73 Å². The van der Waals surface area contributed by atoms with Crippen LogP contribution in [0.15, 0.2) is 12.1 Å². The van der Waals surface area contributed by atoms with Gasteiger partial charge in [0, 0.05) is 18.0 Å². The Morgan fingerprint density at radius 1 is 1.24 bits per heavy atom. The summed E-state index contributed by atoms with van der Waals surface area (Å²) in [5.74, 6) is 0.208. The summed E-state index contributed by atoms with van der Waals surface area (Å²) < 4.78 is 0. The fourth-order valence-electron chi connectivity index (χ4n) is 2.20. The van der Waals surface area contributed by atoms with Crippen LogP contribution in [0.3, 0.4) is 0 Å².